The van der Waals surface area contributed by atoms with E-state index in [-0.39, 0.29) is 6.61 Å². The van der Waals surface area contributed by atoms with Gasteiger partial charge in [-0.1, -0.05) is 60.2 Å². The van der Waals surface area contributed by atoms with Crippen molar-refractivity contribution in [2.24, 2.45) is 0 Å². The molecule has 0 amide bonds. The number of aryl methyl sites for hydroxylation is 2. The molecule has 0 atom stereocenters. The minimum Gasteiger partial charge on any atom is -0.488 e. The molecule has 0 aliphatic heterocycles. The van der Waals surface area contributed by atoms with E-state index >= 15 is 0 Å². The van der Waals surface area contributed by atoms with E-state index in [1.807, 2.05) is 61.5 Å². The Morgan fingerprint density at radius 1 is 0.929 bits per heavy atom. The number of carbonyl (C=O) groups excluding carboxylic acids is 1. The van der Waals surface area contributed by atoms with Crippen LogP contribution in [0.25, 0.3) is 0 Å². The Labute approximate surface area is 164 Å². The Hall–Kier alpha value is -3.34. The first-order chi connectivity index (χ1) is 13.6. The molecule has 1 aromatic heterocycles. The van der Waals surface area contributed by atoms with Gasteiger partial charge in [0.1, 0.15) is 24.5 Å². The van der Waals surface area contributed by atoms with E-state index in [0.29, 0.717) is 29.5 Å². The van der Waals surface area contributed by atoms with Crippen LogP contribution < -0.4 is 9.47 Å². The second-order valence-corrected chi connectivity index (χ2v) is 6.46. The smallest absolute Gasteiger partial charge is 0.344 e. The van der Waals surface area contributed by atoms with Gasteiger partial charge in [-0.2, -0.15) is 0 Å². The summed E-state index contributed by atoms with van der Waals surface area (Å²) in [5.74, 6) is 0.301. The van der Waals surface area contributed by atoms with Gasteiger partial charge in [0.15, 0.2) is 0 Å². The summed E-state index contributed by atoms with van der Waals surface area (Å²) < 4.78 is 16.7. The molecule has 0 bridgehead atoms. The number of pyridine rings is 1. The fourth-order valence-corrected chi connectivity index (χ4v) is 2.84. The summed E-state index contributed by atoms with van der Waals surface area (Å²) in [5, 5.41) is 0. The van der Waals surface area contributed by atoms with Crippen LogP contribution in [-0.2, 0) is 18.0 Å². The molecular weight excluding hydrogens is 354 g/mol. The van der Waals surface area contributed by atoms with Crippen LogP contribution in [0.2, 0.25) is 0 Å². The van der Waals surface area contributed by atoms with Crippen molar-refractivity contribution in [3.63, 3.8) is 0 Å². The first-order valence-electron chi connectivity index (χ1n) is 9.02. The lowest BCUT2D eigenvalue weighted by molar-refractivity contribution is 0.0465. The van der Waals surface area contributed by atoms with E-state index < -0.39 is 5.97 Å². The zero-order valence-electron chi connectivity index (χ0n) is 16.3. The Morgan fingerprint density at radius 2 is 1.68 bits per heavy atom. The third-order valence-corrected chi connectivity index (χ3v) is 4.24. The summed E-state index contributed by atoms with van der Waals surface area (Å²) in [6.07, 6.45) is 0. The van der Waals surface area contributed by atoms with Crippen LogP contribution in [0.4, 0.5) is 0 Å². The number of hydrogen-bond donors (Lipinski definition) is 0. The van der Waals surface area contributed by atoms with Crippen LogP contribution in [0.15, 0.2) is 60.7 Å². The van der Waals surface area contributed by atoms with E-state index in [0.717, 1.165) is 16.7 Å². The van der Waals surface area contributed by atoms with Crippen LogP contribution >= 0.6 is 0 Å². The number of hydrogen-bond acceptors (Lipinski definition) is 5. The molecule has 0 unspecified atom stereocenters. The highest BCUT2D eigenvalue weighted by Gasteiger charge is 2.21. The second-order valence-electron chi connectivity index (χ2n) is 6.46. The molecule has 0 radical (unpaired) electrons. The molecule has 3 aromatic rings. The molecule has 0 aliphatic rings. The first kappa shape index (κ1) is 19.4. The maximum absolute atomic E-state index is 12.8. The SMILES string of the molecule is COc1cc(OCc2ccccc2)c(C(=O)OCc2cccc(C)c2)c(C)n1. The van der Waals surface area contributed by atoms with E-state index in [4.69, 9.17) is 14.2 Å². The molecule has 5 nitrogen and oxygen atoms in total. The lowest BCUT2D eigenvalue weighted by Crippen LogP contribution is -2.12. The molecule has 0 N–H and O–H groups in total. The highest BCUT2D eigenvalue weighted by Crippen LogP contribution is 2.28. The molecule has 5 heteroatoms. The van der Waals surface area contributed by atoms with Gasteiger partial charge in [-0.15, -0.1) is 0 Å². The van der Waals surface area contributed by atoms with Crippen LogP contribution in [0.3, 0.4) is 0 Å². The predicted molar refractivity (Wildman–Crippen MR) is 107 cm³/mol. The van der Waals surface area contributed by atoms with Crippen LogP contribution in [0, 0.1) is 13.8 Å². The minimum absolute atomic E-state index is 0.185. The number of benzene rings is 2. The fourth-order valence-electron chi connectivity index (χ4n) is 2.84. The van der Waals surface area contributed by atoms with Gasteiger partial charge in [-0.05, 0) is 25.0 Å². The number of rotatable bonds is 7. The zero-order chi connectivity index (χ0) is 19.9. The maximum atomic E-state index is 12.8. The average Bonchev–Trinajstić information content (AvgIpc) is 2.71. The van der Waals surface area contributed by atoms with Crippen molar-refractivity contribution >= 4 is 5.97 Å². The minimum atomic E-state index is -0.475. The summed E-state index contributed by atoms with van der Waals surface area (Å²) in [6, 6.07) is 19.2. The average molecular weight is 377 g/mol. The van der Waals surface area contributed by atoms with Crippen LogP contribution in [-0.4, -0.2) is 18.1 Å². The standard InChI is InChI=1S/C23H23NO4/c1-16-8-7-11-19(12-16)15-28-23(25)22-17(2)24-21(26-3)13-20(22)27-14-18-9-5-4-6-10-18/h4-13H,14-15H2,1-3H3. The van der Waals surface area contributed by atoms with Crippen molar-refractivity contribution in [2.75, 3.05) is 7.11 Å². The van der Waals surface area contributed by atoms with E-state index in [9.17, 15) is 4.79 Å². The third kappa shape index (κ3) is 4.88. The summed E-state index contributed by atoms with van der Waals surface area (Å²) in [7, 11) is 1.53. The Morgan fingerprint density at radius 3 is 2.39 bits per heavy atom. The van der Waals surface area contributed by atoms with Gasteiger partial charge in [0.05, 0.1) is 12.8 Å². The molecule has 28 heavy (non-hydrogen) atoms. The Bertz CT molecular complexity index is 954. The Balaban J connectivity index is 1.80. The zero-order valence-corrected chi connectivity index (χ0v) is 16.3. The van der Waals surface area contributed by atoms with Gasteiger partial charge < -0.3 is 14.2 Å². The molecule has 2 aromatic carbocycles. The van der Waals surface area contributed by atoms with E-state index in [1.165, 1.54) is 7.11 Å². The van der Waals surface area contributed by atoms with E-state index in [1.54, 1.807) is 13.0 Å². The van der Waals surface area contributed by atoms with Crippen molar-refractivity contribution in [1.29, 1.82) is 0 Å². The Kier molecular flexibility index (Phi) is 6.27. The molecular formula is C23H23NO4. The molecule has 0 saturated heterocycles. The molecule has 144 valence electrons. The molecule has 0 saturated carbocycles. The predicted octanol–water partition coefficient (Wildman–Crippen LogP) is 4.64. The van der Waals surface area contributed by atoms with Crippen molar-refractivity contribution in [3.05, 3.63) is 88.6 Å². The maximum Gasteiger partial charge on any atom is 0.344 e. The third-order valence-electron chi connectivity index (χ3n) is 4.24. The summed E-state index contributed by atoms with van der Waals surface area (Å²) >= 11 is 0. The van der Waals surface area contributed by atoms with Crippen molar-refractivity contribution in [1.82, 2.24) is 4.98 Å². The topological polar surface area (TPSA) is 57.7 Å². The molecule has 0 aliphatic carbocycles. The molecule has 0 fully saturated rings. The van der Waals surface area contributed by atoms with Crippen LogP contribution in [0.1, 0.15) is 32.7 Å². The number of methoxy groups -OCH3 is 1. The van der Waals surface area contributed by atoms with Crippen molar-refractivity contribution in [3.8, 4) is 11.6 Å². The summed E-state index contributed by atoms with van der Waals surface area (Å²) in [4.78, 5) is 17.1. The number of carbonyl (C=O) groups is 1. The normalized spacial score (nSPS) is 10.4. The van der Waals surface area contributed by atoms with Gasteiger partial charge in [0, 0.05) is 6.07 Å². The summed E-state index contributed by atoms with van der Waals surface area (Å²) in [6.45, 7) is 4.25. The largest absolute Gasteiger partial charge is 0.488 e. The highest BCUT2D eigenvalue weighted by atomic mass is 16.5. The van der Waals surface area contributed by atoms with Gasteiger partial charge in [-0.3, -0.25) is 0 Å². The van der Waals surface area contributed by atoms with Crippen LogP contribution in [0.5, 0.6) is 11.6 Å². The number of ether oxygens (including phenoxy) is 3. The van der Waals surface area contributed by atoms with Gasteiger partial charge in [0.2, 0.25) is 5.88 Å². The second kappa shape index (κ2) is 9.04. The fraction of sp³-hybridized carbons (Fsp3) is 0.217. The van der Waals surface area contributed by atoms with Gasteiger partial charge >= 0.3 is 5.97 Å². The van der Waals surface area contributed by atoms with Crippen molar-refractivity contribution < 1.29 is 19.0 Å². The van der Waals surface area contributed by atoms with Crippen molar-refractivity contribution in [2.45, 2.75) is 27.1 Å². The highest BCUT2D eigenvalue weighted by molar-refractivity contribution is 5.93. The molecule has 1 heterocycles. The van der Waals surface area contributed by atoms with Gasteiger partial charge in [0.25, 0.3) is 0 Å². The summed E-state index contributed by atoms with van der Waals surface area (Å²) in [5.41, 5.74) is 3.85. The number of aromatic nitrogens is 1. The molecule has 3 rings (SSSR count). The monoisotopic (exact) mass is 377 g/mol. The van der Waals surface area contributed by atoms with Gasteiger partial charge in [-0.25, -0.2) is 9.78 Å². The quantitative estimate of drug-likeness (QED) is 0.561. The molecule has 0 spiro atoms. The number of nitrogens with zero attached hydrogens (tertiary/aromatic N) is 1. The van der Waals surface area contributed by atoms with E-state index in [2.05, 4.69) is 4.98 Å². The first-order valence-corrected chi connectivity index (χ1v) is 9.02. The lowest BCUT2D eigenvalue weighted by atomic mass is 10.1. The lowest BCUT2D eigenvalue weighted by Gasteiger charge is -2.14. The number of esters is 1.